The molecular weight excluding hydrogens is 260 g/mol. The summed E-state index contributed by atoms with van der Waals surface area (Å²) in [7, 11) is 0. The number of nitrogens with two attached hydrogens (primary N) is 1. The van der Waals surface area contributed by atoms with Crippen LogP contribution in [0.3, 0.4) is 0 Å². The lowest BCUT2D eigenvalue weighted by molar-refractivity contribution is -0.0498. The van der Waals surface area contributed by atoms with Crippen molar-refractivity contribution >= 4 is 0 Å². The Morgan fingerprint density at radius 3 is 2.43 bits per heavy atom. The minimum atomic E-state index is 0.0911. The van der Waals surface area contributed by atoms with E-state index in [4.69, 9.17) is 10.5 Å². The zero-order valence-corrected chi connectivity index (χ0v) is 13.9. The Balaban J connectivity index is 2.00. The molecule has 1 fully saturated rings. The molecule has 0 aromatic heterocycles. The van der Waals surface area contributed by atoms with Crippen LogP contribution in [-0.4, -0.2) is 36.7 Å². The minimum Gasteiger partial charge on any atom is -0.374 e. The predicted molar refractivity (Wildman–Crippen MR) is 88.4 cm³/mol. The van der Waals surface area contributed by atoms with Gasteiger partial charge < -0.3 is 10.5 Å². The van der Waals surface area contributed by atoms with Gasteiger partial charge in [0, 0.05) is 25.2 Å². The fourth-order valence-electron chi connectivity index (χ4n) is 2.98. The van der Waals surface area contributed by atoms with Crippen LogP contribution in [0.25, 0.3) is 0 Å². The maximum atomic E-state index is 5.98. The number of hydrogen-bond donors (Lipinski definition) is 1. The third kappa shape index (κ3) is 4.53. The molecule has 0 radical (unpaired) electrons. The molecular formula is C18H30N2O. The van der Waals surface area contributed by atoms with Gasteiger partial charge in [-0.25, -0.2) is 0 Å². The second kappa shape index (κ2) is 7.39. The molecule has 2 N–H and O–H groups in total. The van der Waals surface area contributed by atoms with E-state index in [0.717, 1.165) is 26.1 Å². The molecule has 1 aromatic carbocycles. The van der Waals surface area contributed by atoms with Crippen LogP contribution in [0.5, 0.6) is 0 Å². The molecule has 1 heterocycles. The van der Waals surface area contributed by atoms with Crippen LogP contribution >= 0.6 is 0 Å². The standard InChI is InChI=1S/C18H30N2O/c1-13(2)11-16-5-7-17(8-6-16)15(4)20-9-10-21-18(12-20)14(3)19/h5-8,13-15,18H,9-12,19H2,1-4H3. The molecule has 0 spiro atoms. The zero-order valence-electron chi connectivity index (χ0n) is 13.9. The average Bonchev–Trinajstić information content (AvgIpc) is 2.47. The molecule has 0 saturated carbocycles. The highest BCUT2D eigenvalue weighted by Gasteiger charge is 2.26. The number of morpholine rings is 1. The van der Waals surface area contributed by atoms with Crippen LogP contribution in [0.15, 0.2) is 24.3 Å². The second-order valence-electron chi connectivity index (χ2n) is 6.78. The lowest BCUT2D eigenvalue weighted by Gasteiger charge is -2.38. The first-order valence-corrected chi connectivity index (χ1v) is 8.17. The van der Waals surface area contributed by atoms with Gasteiger partial charge in [0.15, 0.2) is 0 Å². The van der Waals surface area contributed by atoms with Crippen molar-refractivity contribution in [2.75, 3.05) is 19.7 Å². The minimum absolute atomic E-state index is 0.0911. The molecule has 118 valence electrons. The van der Waals surface area contributed by atoms with Crippen molar-refractivity contribution in [1.29, 1.82) is 0 Å². The van der Waals surface area contributed by atoms with E-state index in [9.17, 15) is 0 Å². The van der Waals surface area contributed by atoms with E-state index in [1.165, 1.54) is 11.1 Å². The maximum Gasteiger partial charge on any atom is 0.0850 e. The lowest BCUT2D eigenvalue weighted by atomic mass is 9.99. The molecule has 0 aliphatic carbocycles. The highest BCUT2D eigenvalue weighted by Crippen LogP contribution is 2.24. The van der Waals surface area contributed by atoms with Crippen molar-refractivity contribution in [3.8, 4) is 0 Å². The van der Waals surface area contributed by atoms with Gasteiger partial charge in [-0.15, -0.1) is 0 Å². The van der Waals surface area contributed by atoms with Crippen molar-refractivity contribution < 1.29 is 4.74 Å². The molecule has 3 atom stereocenters. The number of hydrogen-bond acceptors (Lipinski definition) is 3. The topological polar surface area (TPSA) is 38.5 Å². The van der Waals surface area contributed by atoms with Crippen LogP contribution in [0.1, 0.15) is 44.9 Å². The van der Waals surface area contributed by atoms with E-state index in [2.05, 4.69) is 49.9 Å². The number of benzene rings is 1. The van der Waals surface area contributed by atoms with Gasteiger partial charge >= 0.3 is 0 Å². The van der Waals surface area contributed by atoms with Crippen molar-refractivity contribution in [2.24, 2.45) is 11.7 Å². The predicted octanol–water partition coefficient (Wildman–Crippen LogP) is 2.99. The molecule has 0 bridgehead atoms. The molecule has 21 heavy (non-hydrogen) atoms. The number of ether oxygens (including phenoxy) is 1. The van der Waals surface area contributed by atoms with Crippen molar-refractivity contribution in [2.45, 2.75) is 52.3 Å². The van der Waals surface area contributed by atoms with Crippen LogP contribution in [0.4, 0.5) is 0 Å². The molecule has 1 aromatic rings. The first kappa shape index (κ1) is 16.5. The molecule has 2 rings (SSSR count). The van der Waals surface area contributed by atoms with Gasteiger partial charge in [0.05, 0.1) is 12.7 Å². The first-order chi connectivity index (χ1) is 9.97. The van der Waals surface area contributed by atoms with E-state index < -0.39 is 0 Å². The molecule has 3 heteroatoms. The highest BCUT2D eigenvalue weighted by atomic mass is 16.5. The van der Waals surface area contributed by atoms with Gasteiger partial charge in [-0.05, 0) is 37.3 Å². The molecule has 1 aliphatic heterocycles. The van der Waals surface area contributed by atoms with E-state index in [-0.39, 0.29) is 12.1 Å². The lowest BCUT2D eigenvalue weighted by Crippen LogP contribution is -2.50. The molecule has 0 amide bonds. The monoisotopic (exact) mass is 290 g/mol. The smallest absolute Gasteiger partial charge is 0.0850 e. The van der Waals surface area contributed by atoms with Crippen molar-refractivity contribution in [3.63, 3.8) is 0 Å². The Morgan fingerprint density at radius 2 is 1.86 bits per heavy atom. The Labute approximate surface area is 129 Å². The summed E-state index contributed by atoms with van der Waals surface area (Å²) < 4.78 is 5.75. The normalized spacial score (nSPS) is 23.2. The molecule has 3 unspecified atom stereocenters. The van der Waals surface area contributed by atoms with Crippen LogP contribution in [0, 0.1) is 5.92 Å². The largest absolute Gasteiger partial charge is 0.374 e. The highest BCUT2D eigenvalue weighted by molar-refractivity contribution is 5.25. The summed E-state index contributed by atoms with van der Waals surface area (Å²) >= 11 is 0. The van der Waals surface area contributed by atoms with Gasteiger partial charge in [-0.1, -0.05) is 38.1 Å². The first-order valence-electron chi connectivity index (χ1n) is 8.17. The zero-order chi connectivity index (χ0) is 15.4. The fraction of sp³-hybridized carbons (Fsp3) is 0.667. The number of rotatable bonds is 5. The Kier molecular flexibility index (Phi) is 5.80. The summed E-state index contributed by atoms with van der Waals surface area (Å²) in [6.07, 6.45) is 1.31. The van der Waals surface area contributed by atoms with E-state index >= 15 is 0 Å². The Morgan fingerprint density at radius 1 is 1.19 bits per heavy atom. The quantitative estimate of drug-likeness (QED) is 0.906. The summed E-state index contributed by atoms with van der Waals surface area (Å²) in [4.78, 5) is 2.48. The van der Waals surface area contributed by atoms with E-state index in [1.807, 2.05) is 6.92 Å². The summed E-state index contributed by atoms with van der Waals surface area (Å²) in [6, 6.07) is 9.61. The SMILES string of the molecule is CC(C)Cc1ccc(C(C)N2CCOC(C(C)N)C2)cc1. The molecule has 1 aliphatic rings. The third-order valence-electron chi connectivity index (χ3n) is 4.37. The third-order valence-corrected chi connectivity index (χ3v) is 4.37. The van der Waals surface area contributed by atoms with Crippen molar-refractivity contribution in [1.82, 2.24) is 4.90 Å². The van der Waals surface area contributed by atoms with E-state index in [1.54, 1.807) is 0 Å². The van der Waals surface area contributed by atoms with Crippen LogP contribution < -0.4 is 5.73 Å². The Hall–Kier alpha value is -0.900. The maximum absolute atomic E-state index is 5.98. The van der Waals surface area contributed by atoms with Gasteiger partial charge in [-0.2, -0.15) is 0 Å². The fourth-order valence-corrected chi connectivity index (χ4v) is 2.98. The van der Waals surface area contributed by atoms with Crippen molar-refractivity contribution in [3.05, 3.63) is 35.4 Å². The average molecular weight is 290 g/mol. The summed E-state index contributed by atoms with van der Waals surface area (Å²) in [5, 5.41) is 0. The van der Waals surface area contributed by atoms with Crippen LogP contribution in [-0.2, 0) is 11.2 Å². The van der Waals surface area contributed by atoms with E-state index in [0.29, 0.717) is 12.0 Å². The van der Waals surface area contributed by atoms with Gasteiger partial charge in [0.25, 0.3) is 0 Å². The van der Waals surface area contributed by atoms with Crippen LogP contribution in [0.2, 0.25) is 0 Å². The number of nitrogens with zero attached hydrogens (tertiary/aromatic N) is 1. The Bertz CT molecular complexity index is 427. The molecule has 3 nitrogen and oxygen atoms in total. The second-order valence-corrected chi connectivity index (χ2v) is 6.78. The molecule has 1 saturated heterocycles. The summed E-state index contributed by atoms with van der Waals surface area (Å²) in [5.74, 6) is 0.708. The summed E-state index contributed by atoms with van der Waals surface area (Å²) in [6.45, 7) is 11.5. The van der Waals surface area contributed by atoms with Gasteiger partial charge in [0.1, 0.15) is 0 Å². The van der Waals surface area contributed by atoms with Gasteiger partial charge in [-0.3, -0.25) is 4.90 Å². The summed E-state index contributed by atoms with van der Waals surface area (Å²) in [5.41, 5.74) is 8.79. The van der Waals surface area contributed by atoms with Gasteiger partial charge in [0.2, 0.25) is 0 Å².